The number of likely N-dealkylation sites (tertiary alicyclic amines) is 1. The van der Waals surface area contributed by atoms with Crippen LogP contribution in [0.3, 0.4) is 0 Å². The van der Waals surface area contributed by atoms with Crippen molar-refractivity contribution in [2.75, 3.05) is 6.54 Å². The molecule has 22 heteroatoms. The molecule has 0 spiro atoms. The normalized spacial score (nSPS) is 15.6. The van der Waals surface area contributed by atoms with Crippen molar-refractivity contribution in [3.05, 3.63) is 138 Å². The minimum Gasteiger partial charge on any atom is -0.508 e. The number of hydrogen-bond donors (Lipinski definition) is 12. The number of amides is 7. The Hall–Kier alpha value is -9.05. The fraction of sp³-hybridized carbons (Fsp3) is 0.315. The Morgan fingerprint density at radius 3 is 1.68 bits per heavy atom. The summed E-state index contributed by atoms with van der Waals surface area (Å²) in [5.41, 5.74) is 15.6. The molecule has 7 rings (SSSR count). The Kier molecular flexibility index (Phi) is 18.2. The van der Waals surface area contributed by atoms with E-state index in [1.54, 1.807) is 36.7 Å². The molecule has 1 aliphatic rings. The summed E-state index contributed by atoms with van der Waals surface area (Å²) >= 11 is 0. The van der Waals surface area contributed by atoms with Crippen molar-refractivity contribution < 1.29 is 58.5 Å². The van der Waals surface area contributed by atoms with Crippen molar-refractivity contribution in [3.8, 4) is 5.75 Å². The summed E-state index contributed by atoms with van der Waals surface area (Å²) in [6.45, 7) is 0.0979. The number of aromatic nitrogens is 2. The quantitative estimate of drug-likeness (QED) is 0.0384. The van der Waals surface area contributed by atoms with E-state index in [4.69, 9.17) is 11.5 Å². The number of fused-ring (bicyclic) bond motifs is 2. The Labute approximate surface area is 435 Å². The maximum Gasteiger partial charge on any atom is 0.326 e. The summed E-state index contributed by atoms with van der Waals surface area (Å²) < 4.78 is 0. The number of phenols is 1. The van der Waals surface area contributed by atoms with Crippen LogP contribution in [0.2, 0.25) is 0 Å². The van der Waals surface area contributed by atoms with Crippen LogP contribution in [0.4, 0.5) is 0 Å². The average Bonchev–Trinajstić information content (AvgIpc) is 4.17. The lowest BCUT2D eigenvalue weighted by atomic mass is 10.0. The van der Waals surface area contributed by atoms with Gasteiger partial charge in [0.05, 0.1) is 12.5 Å². The summed E-state index contributed by atoms with van der Waals surface area (Å²) in [7, 11) is 0. The molecular formula is C54H60N10O12. The van der Waals surface area contributed by atoms with Gasteiger partial charge in [-0.3, -0.25) is 38.4 Å². The first-order valence-corrected chi connectivity index (χ1v) is 24.7. The predicted octanol–water partition coefficient (Wildman–Crippen LogP) is 1.19. The lowest BCUT2D eigenvalue weighted by molar-refractivity contribution is -0.144. The first-order valence-electron chi connectivity index (χ1n) is 24.7. The predicted molar refractivity (Wildman–Crippen MR) is 277 cm³/mol. The third-order valence-electron chi connectivity index (χ3n) is 13.2. The number of H-pyrrole nitrogens is 2. The summed E-state index contributed by atoms with van der Waals surface area (Å²) in [6.07, 6.45) is 1.71. The molecule has 14 N–H and O–H groups in total. The number of carboxylic acid groups (broad SMARTS) is 2. The van der Waals surface area contributed by atoms with Crippen LogP contribution in [0, 0.1) is 0 Å². The third-order valence-corrected chi connectivity index (χ3v) is 13.2. The Balaban J connectivity index is 1.14. The molecule has 6 aromatic rings. The van der Waals surface area contributed by atoms with Gasteiger partial charge in [0.25, 0.3) is 0 Å². The van der Waals surface area contributed by atoms with Crippen molar-refractivity contribution in [2.45, 2.75) is 100 Å². The van der Waals surface area contributed by atoms with Crippen LogP contribution in [0.25, 0.3) is 21.8 Å². The van der Waals surface area contributed by atoms with Crippen LogP contribution in [0.5, 0.6) is 5.75 Å². The SMILES string of the molecule is NC(=O)C[C@H](NC(=O)[C@H](Cc1ccc(O)cc1)NC(=O)[C@H](Cc1c[nH]c2ccccc12)NC(=O)[C@H](CCC(=O)O)NC(=O)[C@@H]1CCCN1C(=O)[C@H](Cc1c[nH]c2ccccc12)NC(=O)[C@@H](N)Cc1ccccc1)C(=O)O. The average molecular weight is 1040 g/mol. The van der Waals surface area contributed by atoms with Crippen molar-refractivity contribution in [2.24, 2.45) is 11.5 Å². The molecule has 76 heavy (non-hydrogen) atoms. The molecule has 1 saturated heterocycles. The van der Waals surface area contributed by atoms with Crippen molar-refractivity contribution in [1.82, 2.24) is 41.5 Å². The molecule has 398 valence electrons. The van der Waals surface area contributed by atoms with Gasteiger partial charge in [0.2, 0.25) is 41.4 Å². The molecule has 0 aliphatic carbocycles. The van der Waals surface area contributed by atoms with Gasteiger partial charge < -0.3 is 68.2 Å². The van der Waals surface area contributed by atoms with Gasteiger partial charge in [-0.2, -0.15) is 0 Å². The number of aromatic amines is 2. The highest BCUT2D eigenvalue weighted by Gasteiger charge is 2.40. The molecule has 4 aromatic carbocycles. The van der Waals surface area contributed by atoms with Gasteiger partial charge in [0.15, 0.2) is 0 Å². The van der Waals surface area contributed by atoms with Crippen LogP contribution in [-0.4, -0.2) is 132 Å². The Bertz CT molecular complexity index is 3090. The summed E-state index contributed by atoms with van der Waals surface area (Å²) in [4.78, 5) is 129. The topological polar surface area (TPSA) is 361 Å². The van der Waals surface area contributed by atoms with Crippen LogP contribution in [0.1, 0.15) is 54.4 Å². The molecule has 2 aromatic heterocycles. The van der Waals surface area contributed by atoms with Crippen LogP contribution >= 0.6 is 0 Å². The van der Waals surface area contributed by atoms with Gasteiger partial charge in [-0.05, 0) is 72.2 Å². The number of nitrogens with one attached hydrogen (secondary N) is 7. The Morgan fingerprint density at radius 1 is 0.592 bits per heavy atom. The second-order valence-electron chi connectivity index (χ2n) is 18.7. The molecule has 22 nitrogen and oxygen atoms in total. The highest BCUT2D eigenvalue weighted by molar-refractivity contribution is 5.98. The molecule has 0 saturated carbocycles. The van der Waals surface area contributed by atoms with E-state index in [-0.39, 0.29) is 44.4 Å². The highest BCUT2D eigenvalue weighted by Crippen LogP contribution is 2.25. The first-order chi connectivity index (χ1) is 36.4. The Morgan fingerprint density at radius 2 is 1.11 bits per heavy atom. The van der Waals surface area contributed by atoms with Gasteiger partial charge in [-0.1, -0.05) is 78.9 Å². The molecular weight excluding hydrogens is 981 g/mol. The number of carbonyl (C=O) groups is 9. The standard InChI is InChI=1S/C54H60N10O12/c55-37(23-30-9-2-1-3-10-30)48(69)62-43(26-33-29-58-39-14-7-5-12-36(33)39)53(74)64-22-8-15-45(64)52(73)59-40(20-21-47(67)68)49(70)61-42(25-32-28-57-38-13-6-4-11-35(32)38)51(72)60-41(24-31-16-18-34(65)19-17-31)50(71)63-44(54(75)76)27-46(56)66/h1-7,9-14,16-19,28-29,37,40-45,57-58,65H,8,15,20-27,55H2,(H2,56,66)(H,59,73)(H,60,72)(H,61,70)(H,62,69)(H,63,71)(H,67,68)(H,75,76)/t37-,40-,41-,42-,43-,44-,45-/m0/s1. The summed E-state index contributed by atoms with van der Waals surface area (Å²) in [5.74, 6) is -9.00. The van der Waals surface area contributed by atoms with Gasteiger partial charge in [-0.15, -0.1) is 0 Å². The second-order valence-corrected chi connectivity index (χ2v) is 18.7. The number of nitrogens with two attached hydrogens (primary N) is 2. The van der Waals surface area contributed by atoms with Crippen LogP contribution < -0.4 is 38.1 Å². The highest BCUT2D eigenvalue weighted by atomic mass is 16.4. The third kappa shape index (κ3) is 14.4. The van der Waals surface area contributed by atoms with E-state index in [0.717, 1.165) is 16.5 Å². The molecule has 7 atom stereocenters. The lowest BCUT2D eigenvalue weighted by Gasteiger charge is -2.30. The number of hydrogen-bond acceptors (Lipinski definition) is 11. The first kappa shape index (κ1) is 54.7. The second kappa shape index (κ2) is 25.3. The molecule has 1 aliphatic heterocycles. The molecule has 3 heterocycles. The van der Waals surface area contributed by atoms with Gasteiger partial charge >= 0.3 is 11.9 Å². The van der Waals surface area contributed by atoms with E-state index >= 15 is 0 Å². The number of nitrogens with zero attached hydrogens (tertiary/aromatic N) is 1. The zero-order chi connectivity index (χ0) is 54.5. The van der Waals surface area contributed by atoms with Crippen LogP contribution in [0.15, 0.2) is 116 Å². The molecule has 0 unspecified atom stereocenters. The number of aromatic hydroxyl groups is 1. The summed E-state index contributed by atoms with van der Waals surface area (Å²) in [6, 6.07) is 19.3. The maximum atomic E-state index is 14.7. The molecule has 7 amide bonds. The van der Waals surface area contributed by atoms with Crippen molar-refractivity contribution in [1.29, 1.82) is 0 Å². The number of para-hydroxylation sites is 2. The number of aliphatic carboxylic acids is 2. The molecule has 0 bridgehead atoms. The fourth-order valence-corrected chi connectivity index (χ4v) is 9.29. The van der Waals surface area contributed by atoms with Gasteiger partial charge in [-0.25, -0.2) is 4.79 Å². The van der Waals surface area contributed by atoms with Crippen LogP contribution in [-0.2, 0) is 68.8 Å². The van der Waals surface area contributed by atoms with E-state index in [9.17, 15) is 58.5 Å². The van der Waals surface area contributed by atoms with E-state index < -0.39 is 115 Å². The molecule has 0 radical (unpaired) electrons. The van der Waals surface area contributed by atoms with Gasteiger partial charge in [0.1, 0.15) is 42.0 Å². The molecule has 1 fully saturated rings. The largest absolute Gasteiger partial charge is 0.508 e. The van der Waals surface area contributed by atoms with Gasteiger partial charge in [0, 0.05) is 66.4 Å². The summed E-state index contributed by atoms with van der Waals surface area (Å²) in [5, 5.41) is 43.9. The number of primary amides is 1. The number of carbonyl (C=O) groups excluding carboxylic acids is 7. The van der Waals surface area contributed by atoms with E-state index in [1.165, 1.54) is 29.2 Å². The monoisotopic (exact) mass is 1040 g/mol. The van der Waals surface area contributed by atoms with E-state index in [0.29, 0.717) is 34.0 Å². The van der Waals surface area contributed by atoms with E-state index in [2.05, 4.69) is 36.6 Å². The smallest absolute Gasteiger partial charge is 0.326 e. The van der Waals surface area contributed by atoms with Crippen molar-refractivity contribution in [3.63, 3.8) is 0 Å². The number of rotatable bonds is 25. The minimum absolute atomic E-state index is 0.0198. The maximum absolute atomic E-state index is 14.7. The zero-order valence-electron chi connectivity index (χ0n) is 41.2. The lowest BCUT2D eigenvalue weighted by Crippen LogP contribution is -2.60. The number of benzene rings is 4. The van der Waals surface area contributed by atoms with Crippen molar-refractivity contribution >= 4 is 75.1 Å². The minimum atomic E-state index is -1.78. The fourth-order valence-electron chi connectivity index (χ4n) is 9.29. The number of carboxylic acids is 2. The van der Waals surface area contributed by atoms with E-state index in [1.807, 2.05) is 54.6 Å². The zero-order valence-corrected chi connectivity index (χ0v) is 41.2. The number of phenolic OH excluding ortho intramolecular Hbond substituents is 1.